The van der Waals surface area contributed by atoms with Crippen LogP contribution in [0.5, 0.6) is 5.88 Å². The Kier molecular flexibility index (Phi) is 5.74. The predicted molar refractivity (Wildman–Crippen MR) is 90.5 cm³/mol. The van der Waals surface area contributed by atoms with Crippen molar-refractivity contribution in [2.45, 2.75) is 32.1 Å². The second-order valence-electron chi connectivity index (χ2n) is 5.91. The van der Waals surface area contributed by atoms with Crippen LogP contribution in [0, 0.1) is 5.82 Å². The maximum atomic E-state index is 13.5. The van der Waals surface area contributed by atoms with Crippen LogP contribution in [0.15, 0.2) is 47.0 Å². The summed E-state index contributed by atoms with van der Waals surface area (Å²) in [5.41, 5.74) is 1.20. The van der Waals surface area contributed by atoms with Crippen LogP contribution in [-0.4, -0.2) is 20.5 Å². The highest BCUT2D eigenvalue weighted by atomic mass is 32.2. The maximum Gasteiger partial charge on any atom is 0.213 e. The van der Waals surface area contributed by atoms with Gasteiger partial charge in [-0.2, -0.15) is 0 Å². The standard InChI is InChI=1S/C17H19FN2O2S/c1-17(2,3)23(21)20-11-13-8-9-16(19-10-13)22-12-14-6-4-5-7-15(14)18/h4-11H,12H2,1-3H3/b20-11+. The minimum absolute atomic E-state index is 0.112. The van der Waals surface area contributed by atoms with Crippen molar-refractivity contribution in [2.75, 3.05) is 0 Å². The maximum absolute atomic E-state index is 13.5. The Balaban J connectivity index is 1.95. The van der Waals surface area contributed by atoms with Crippen molar-refractivity contribution < 1.29 is 13.7 Å². The number of pyridine rings is 1. The number of ether oxygens (including phenoxy) is 1. The molecule has 0 saturated carbocycles. The van der Waals surface area contributed by atoms with Crippen LogP contribution >= 0.6 is 0 Å². The quantitative estimate of drug-likeness (QED) is 0.619. The summed E-state index contributed by atoms with van der Waals surface area (Å²) in [5.74, 6) is 0.0864. The van der Waals surface area contributed by atoms with E-state index in [1.807, 2.05) is 20.8 Å². The summed E-state index contributed by atoms with van der Waals surface area (Å²) in [6, 6.07) is 9.87. The van der Waals surface area contributed by atoms with E-state index < -0.39 is 16.1 Å². The molecule has 0 aliphatic rings. The zero-order valence-electron chi connectivity index (χ0n) is 13.3. The fraction of sp³-hybridized carbons (Fsp3) is 0.294. The molecule has 1 heterocycles. The van der Waals surface area contributed by atoms with E-state index in [0.29, 0.717) is 11.4 Å². The molecule has 1 atom stereocenters. The first-order chi connectivity index (χ1) is 10.9. The molecule has 2 aromatic rings. The molecule has 1 unspecified atom stereocenters. The van der Waals surface area contributed by atoms with Crippen molar-refractivity contribution in [3.05, 3.63) is 59.5 Å². The Hall–Kier alpha value is -1.92. The highest BCUT2D eigenvalue weighted by Gasteiger charge is 2.25. The molecule has 4 nitrogen and oxygen atoms in total. The number of aromatic nitrogens is 1. The smallest absolute Gasteiger partial charge is 0.213 e. The summed E-state index contributed by atoms with van der Waals surface area (Å²) in [6.07, 6.45) is 3.09. The van der Waals surface area contributed by atoms with E-state index >= 15 is 0 Å². The van der Waals surface area contributed by atoms with E-state index in [-0.39, 0.29) is 12.4 Å². The van der Waals surface area contributed by atoms with E-state index in [2.05, 4.69) is 9.38 Å². The van der Waals surface area contributed by atoms with E-state index in [9.17, 15) is 8.94 Å². The number of rotatable bonds is 5. The summed E-state index contributed by atoms with van der Waals surface area (Å²) >= 11 is -1.31. The Morgan fingerprint density at radius 2 is 2.00 bits per heavy atom. The third kappa shape index (κ3) is 5.33. The molecule has 0 bridgehead atoms. The molecule has 0 saturated heterocycles. The van der Waals surface area contributed by atoms with E-state index in [1.54, 1.807) is 36.5 Å². The van der Waals surface area contributed by atoms with Gasteiger partial charge in [-0.05, 0) is 32.9 Å². The summed E-state index contributed by atoms with van der Waals surface area (Å²) in [6.45, 7) is 5.69. The third-order valence-corrected chi connectivity index (χ3v) is 4.26. The van der Waals surface area contributed by atoms with E-state index in [0.717, 1.165) is 5.56 Å². The van der Waals surface area contributed by atoms with Crippen LogP contribution in [-0.2, 0) is 18.0 Å². The molecule has 23 heavy (non-hydrogen) atoms. The number of hydrogen-bond acceptors (Lipinski definition) is 4. The molecule has 0 N–H and O–H groups in total. The van der Waals surface area contributed by atoms with E-state index in [1.165, 1.54) is 12.3 Å². The second-order valence-corrected chi connectivity index (χ2v) is 7.84. The van der Waals surface area contributed by atoms with Gasteiger partial charge in [-0.15, -0.1) is 0 Å². The average Bonchev–Trinajstić information content (AvgIpc) is 2.52. The summed E-state index contributed by atoms with van der Waals surface area (Å²) in [4.78, 5) is 4.13. The molecular formula is C17H19FN2O2S. The zero-order chi connectivity index (χ0) is 16.9. The number of nitrogens with zero attached hydrogens (tertiary/aromatic N) is 2. The van der Waals surface area contributed by atoms with Crippen molar-refractivity contribution in [1.82, 2.24) is 4.98 Å². The highest BCUT2D eigenvalue weighted by molar-refractivity contribution is 7.91. The first kappa shape index (κ1) is 17.4. The molecule has 0 radical (unpaired) electrons. The molecule has 0 fully saturated rings. The fourth-order valence-corrected chi connectivity index (χ4v) is 2.12. The van der Waals surface area contributed by atoms with Gasteiger partial charge in [0.05, 0.1) is 6.21 Å². The van der Waals surface area contributed by atoms with Gasteiger partial charge in [0.25, 0.3) is 0 Å². The van der Waals surface area contributed by atoms with Crippen LogP contribution in [0.2, 0.25) is 0 Å². The van der Waals surface area contributed by atoms with Crippen LogP contribution < -0.4 is 4.74 Å². The van der Waals surface area contributed by atoms with Crippen LogP contribution in [0.25, 0.3) is 0 Å². The van der Waals surface area contributed by atoms with Gasteiger partial charge in [0.15, 0.2) is 0 Å². The lowest BCUT2D eigenvalue weighted by atomic mass is 10.2. The molecular weight excluding hydrogens is 315 g/mol. The van der Waals surface area contributed by atoms with Crippen molar-refractivity contribution in [3.8, 4) is 5.88 Å². The Bertz CT molecular complexity index is 669. The lowest BCUT2D eigenvalue weighted by molar-refractivity contribution is 0.288. The van der Waals surface area contributed by atoms with Crippen molar-refractivity contribution in [2.24, 2.45) is 4.40 Å². The third-order valence-electron chi connectivity index (χ3n) is 2.91. The zero-order valence-corrected chi connectivity index (χ0v) is 14.1. The molecule has 1 aromatic heterocycles. The van der Waals surface area contributed by atoms with Gasteiger partial charge in [-0.1, -0.05) is 22.6 Å². The number of hydrogen-bond donors (Lipinski definition) is 0. The van der Waals surface area contributed by atoms with Gasteiger partial charge in [0, 0.05) is 23.4 Å². The molecule has 122 valence electrons. The lowest BCUT2D eigenvalue weighted by Crippen LogP contribution is -2.25. The topological polar surface area (TPSA) is 57.5 Å². The second kappa shape index (κ2) is 7.57. The summed E-state index contributed by atoms with van der Waals surface area (Å²) in [7, 11) is 0. The Labute approximate surface area is 138 Å². The summed E-state index contributed by atoms with van der Waals surface area (Å²) < 4.78 is 34.4. The van der Waals surface area contributed by atoms with Crippen LogP contribution in [0.4, 0.5) is 4.39 Å². The average molecular weight is 334 g/mol. The number of benzene rings is 1. The molecule has 0 spiro atoms. The number of halogens is 1. The molecule has 6 heteroatoms. The molecule has 1 aromatic carbocycles. The normalized spacial score (nSPS) is 13.3. The van der Waals surface area contributed by atoms with Gasteiger partial charge in [-0.25, -0.2) is 9.37 Å². The molecule has 0 aliphatic carbocycles. The first-order valence-electron chi connectivity index (χ1n) is 7.14. The first-order valence-corrected chi connectivity index (χ1v) is 8.25. The predicted octanol–water partition coefficient (Wildman–Crippen LogP) is 3.68. The monoisotopic (exact) mass is 334 g/mol. The molecule has 0 aliphatic heterocycles. The molecule has 2 rings (SSSR count). The van der Waals surface area contributed by atoms with Crippen LogP contribution in [0.1, 0.15) is 31.9 Å². The van der Waals surface area contributed by atoms with Crippen molar-refractivity contribution in [3.63, 3.8) is 0 Å². The SMILES string of the molecule is CC(C)(C)[S+]([O-])/N=C/c1ccc(OCc2ccccc2F)nc1. The Morgan fingerprint density at radius 3 is 2.61 bits per heavy atom. The van der Waals surface area contributed by atoms with Crippen molar-refractivity contribution in [1.29, 1.82) is 0 Å². The summed E-state index contributed by atoms with van der Waals surface area (Å²) in [5, 5.41) is 0. The minimum Gasteiger partial charge on any atom is -0.591 e. The Morgan fingerprint density at radius 1 is 1.26 bits per heavy atom. The largest absolute Gasteiger partial charge is 0.591 e. The minimum atomic E-state index is -1.31. The van der Waals surface area contributed by atoms with Crippen LogP contribution in [0.3, 0.4) is 0 Å². The lowest BCUT2D eigenvalue weighted by Gasteiger charge is -2.17. The highest BCUT2D eigenvalue weighted by Crippen LogP contribution is 2.17. The van der Waals surface area contributed by atoms with Gasteiger partial charge >= 0.3 is 0 Å². The van der Waals surface area contributed by atoms with Gasteiger partial charge in [0.1, 0.15) is 28.5 Å². The molecule has 0 amide bonds. The fourth-order valence-electron chi connectivity index (χ4n) is 1.59. The van der Waals surface area contributed by atoms with Crippen molar-refractivity contribution >= 4 is 17.6 Å². The van der Waals surface area contributed by atoms with Gasteiger partial charge < -0.3 is 9.29 Å². The van der Waals surface area contributed by atoms with E-state index in [4.69, 9.17) is 4.74 Å². The van der Waals surface area contributed by atoms with Gasteiger partial charge in [-0.3, -0.25) is 0 Å². The van der Waals surface area contributed by atoms with Gasteiger partial charge in [0.2, 0.25) is 5.88 Å².